The zero-order chi connectivity index (χ0) is 17.6. The summed E-state index contributed by atoms with van der Waals surface area (Å²) in [7, 11) is 0. The molecule has 5 nitrogen and oxygen atoms in total. The topological polar surface area (TPSA) is 56.5 Å². The van der Waals surface area contributed by atoms with Crippen LogP contribution in [0.15, 0.2) is 41.5 Å². The number of nitrogens with zero attached hydrogens (tertiary/aromatic N) is 3. The van der Waals surface area contributed by atoms with Gasteiger partial charge in [-0.1, -0.05) is 29.3 Å². The number of fused-ring (bicyclic) bond motifs is 1. The van der Waals surface area contributed by atoms with E-state index in [0.717, 1.165) is 0 Å². The Morgan fingerprint density at radius 3 is 2.52 bits per heavy atom. The van der Waals surface area contributed by atoms with Gasteiger partial charge in [-0.2, -0.15) is 4.98 Å². The fourth-order valence-electron chi connectivity index (χ4n) is 2.79. The molecule has 1 saturated carbocycles. The predicted molar refractivity (Wildman–Crippen MR) is 93.3 cm³/mol. The van der Waals surface area contributed by atoms with Crippen molar-refractivity contribution in [2.24, 2.45) is 0 Å². The number of benzene rings is 1. The molecule has 0 saturated heterocycles. The molecule has 0 aliphatic heterocycles. The summed E-state index contributed by atoms with van der Waals surface area (Å²) in [5.74, 6) is 0.339. The fraction of sp³-hybridized carbons (Fsp3) is 0.235. The number of ether oxygens (including phenoxy) is 1. The second kappa shape index (κ2) is 6.28. The van der Waals surface area contributed by atoms with Crippen LogP contribution in [0.3, 0.4) is 0 Å². The minimum atomic E-state index is -0.809. The van der Waals surface area contributed by atoms with Gasteiger partial charge in [0.25, 0.3) is 5.56 Å². The van der Waals surface area contributed by atoms with Crippen molar-refractivity contribution in [1.82, 2.24) is 14.6 Å². The highest BCUT2D eigenvalue weighted by atomic mass is 35.5. The van der Waals surface area contributed by atoms with E-state index >= 15 is 0 Å². The maximum absolute atomic E-state index is 12.9. The predicted octanol–water partition coefficient (Wildman–Crippen LogP) is 3.94. The Morgan fingerprint density at radius 2 is 1.84 bits per heavy atom. The number of halogens is 3. The zero-order valence-electron chi connectivity index (χ0n) is 12.8. The summed E-state index contributed by atoms with van der Waals surface area (Å²) < 4.78 is 20.0. The van der Waals surface area contributed by atoms with Crippen LogP contribution in [0.1, 0.15) is 12.8 Å². The molecule has 3 aromatic rings. The quantitative estimate of drug-likeness (QED) is 0.691. The number of rotatable bonds is 3. The second-order valence-corrected chi connectivity index (χ2v) is 6.65. The molecule has 4 rings (SSSR count). The average Bonchev–Trinajstić information content (AvgIpc) is 2.55. The Labute approximate surface area is 152 Å². The van der Waals surface area contributed by atoms with Gasteiger partial charge < -0.3 is 4.74 Å². The van der Waals surface area contributed by atoms with Gasteiger partial charge in [-0.3, -0.25) is 4.79 Å². The molecule has 0 bridgehead atoms. The summed E-state index contributed by atoms with van der Waals surface area (Å²) in [4.78, 5) is 16.2. The van der Waals surface area contributed by atoms with Crippen molar-refractivity contribution in [1.29, 1.82) is 0 Å². The summed E-state index contributed by atoms with van der Waals surface area (Å²) in [6.45, 7) is 0. The molecule has 0 atom stereocenters. The molecule has 0 N–H and O–H groups in total. The third-order valence-electron chi connectivity index (χ3n) is 4.13. The molecular weight excluding hydrogens is 368 g/mol. The minimum absolute atomic E-state index is 0.176. The molecule has 1 fully saturated rings. The molecule has 0 spiro atoms. The molecule has 8 heteroatoms. The highest BCUT2D eigenvalue weighted by Crippen LogP contribution is 2.35. The van der Waals surface area contributed by atoms with E-state index in [1.807, 2.05) is 0 Å². The Bertz CT molecular complexity index is 998. The zero-order valence-corrected chi connectivity index (χ0v) is 14.3. The van der Waals surface area contributed by atoms with E-state index in [1.165, 1.54) is 10.8 Å². The van der Waals surface area contributed by atoms with Crippen LogP contribution in [0, 0.1) is 0 Å². The van der Waals surface area contributed by atoms with Crippen LogP contribution in [0.2, 0.25) is 10.0 Å². The van der Waals surface area contributed by atoms with Crippen LogP contribution in [0.4, 0.5) is 4.39 Å². The Hall–Kier alpha value is -2.18. The fourth-order valence-corrected chi connectivity index (χ4v) is 3.38. The number of alkyl halides is 1. The molecule has 1 aliphatic rings. The van der Waals surface area contributed by atoms with Gasteiger partial charge in [0.05, 0.1) is 21.1 Å². The van der Waals surface area contributed by atoms with Crippen LogP contribution >= 0.6 is 23.2 Å². The molecule has 0 amide bonds. The monoisotopic (exact) mass is 379 g/mol. The highest BCUT2D eigenvalue weighted by Gasteiger charge is 2.31. The van der Waals surface area contributed by atoms with Crippen molar-refractivity contribution < 1.29 is 9.13 Å². The SMILES string of the molecule is O=c1ncn2nc(OC3CC(F)C3)ccc2c1-c1c(Cl)cccc1Cl. The van der Waals surface area contributed by atoms with Crippen LogP contribution in [0.5, 0.6) is 5.88 Å². The summed E-state index contributed by atoms with van der Waals surface area (Å²) in [6.07, 6.45) is 1.05. The largest absolute Gasteiger partial charge is 0.473 e. The van der Waals surface area contributed by atoms with Gasteiger partial charge in [-0.05, 0) is 18.2 Å². The lowest BCUT2D eigenvalue weighted by Crippen LogP contribution is -2.35. The van der Waals surface area contributed by atoms with Gasteiger partial charge in [-0.25, -0.2) is 8.91 Å². The Kier molecular flexibility index (Phi) is 4.09. The minimum Gasteiger partial charge on any atom is -0.473 e. The third-order valence-corrected chi connectivity index (χ3v) is 4.76. The van der Waals surface area contributed by atoms with Crippen molar-refractivity contribution in [3.8, 4) is 17.0 Å². The van der Waals surface area contributed by atoms with Crippen LogP contribution in [-0.2, 0) is 0 Å². The van der Waals surface area contributed by atoms with E-state index < -0.39 is 11.7 Å². The molecule has 0 radical (unpaired) electrons. The number of aromatic nitrogens is 3. The summed E-state index contributed by atoms with van der Waals surface area (Å²) in [6, 6.07) is 8.33. The summed E-state index contributed by atoms with van der Waals surface area (Å²) in [5, 5.41) is 4.99. The Balaban J connectivity index is 1.82. The van der Waals surface area contributed by atoms with Gasteiger partial charge in [0.2, 0.25) is 5.88 Å². The van der Waals surface area contributed by atoms with E-state index in [2.05, 4.69) is 10.1 Å². The maximum Gasteiger partial charge on any atom is 0.281 e. The maximum atomic E-state index is 12.9. The number of hydrogen-bond acceptors (Lipinski definition) is 4. The van der Waals surface area contributed by atoms with Gasteiger partial charge in [0.1, 0.15) is 18.6 Å². The van der Waals surface area contributed by atoms with Gasteiger partial charge >= 0.3 is 0 Å². The molecule has 1 aliphatic carbocycles. The molecule has 2 aromatic heterocycles. The normalized spacial score (nSPS) is 19.6. The van der Waals surface area contributed by atoms with E-state index in [4.69, 9.17) is 27.9 Å². The number of hydrogen-bond donors (Lipinski definition) is 0. The van der Waals surface area contributed by atoms with E-state index in [-0.39, 0.29) is 11.7 Å². The standard InChI is InChI=1S/C17H12Cl2FN3O2/c18-11-2-1-3-12(19)15(11)16-13-4-5-14(25-10-6-9(20)7-10)22-23(13)8-21-17(16)24/h1-5,8-10H,6-7H2. The van der Waals surface area contributed by atoms with Crippen LogP contribution in [-0.4, -0.2) is 26.9 Å². The van der Waals surface area contributed by atoms with Gasteiger partial charge in [0.15, 0.2) is 0 Å². The lowest BCUT2D eigenvalue weighted by atomic mass is 9.94. The third kappa shape index (κ3) is 2.96. The van der Waals surface area contributed by atoms with E-state index in [9.17, 15) is 9.18 Å². The average molecular weight is 380 g/mol. The van der Waals surface area contributed by atoms with Crippen molar-refractivity contribution in [2.75, 3.05) is 0 Å². The van der Waals surface area contributed by atoms with Crippen molar-refractivity contribution in [3.05, 3.63) is 57.1 Å². The summed E-state index contributed by atoms with van der Waals surface area (Å²) in [5.41, 5.74) is 0.727. The Morgan fingerprint density at radius 1 is 1.12 bits per heavy atom. The van der Waals surface area contributed by atoms with Crippen molar-refractivity contribution >= 4 is 28.7 Å². The van der Waals surface area contributed by atoms with E-state index in [1.54, 1.807) is 30.3 Å². The first-order chi connectivity index (χ1) is 12.0. The molecule has 25 heavy (non-hydrogen) atoms. The molecule has 128 valence electrons. The first kappa shape index (κ1) is 16.3. The summed E-state index contributed by atoms with van der Waals surface area (Å²) >= 11 is 12.5. The lowest BCUT2D eigenvalue weighted by Gasteiger charge is -2.29. The van der Waals surface area contributed by atoms with Crippen molar-refractivity contribution in [3.63, 3.8) is 0 Å². The smallest absolute Gasteiger partial charge is 0.281 e. The molecule has 0 unspecified atom stereocenters. The highest BCUT2D eigenvalue weighted by molar-refractivity contribution is 6.39. The van der Waals surface area contributed by atoms with Crippen LogP contribution in [0.25, 0.3) is 16.6 Å². The lowest BCUT2D eigenvalue weighted by molar-refractivity contribution is 0.0369. The molecule has 2 heterocycles. The van der Waals surface area contributed by atoms with Crippen LogP contribution < -0.4 is 10.3 Å². The van der Waals surface area contributed by atoms with Crippen molar-refractivity contribution in [2.45, 2.75) is 25.1 Å². The van der Waals surface area contributed by atoms with Gasteiger partial charge in [-0.15, -0.1) is 5.10 Å². The van der Waals surface area contributed by atoms with E-state index in [0.29, 0.717) is 39.8 Å². The first-order valence-electron chi connectivity index (χ1n) is 7.67. The molecular formula is C17H12Cl2FN3O2. The molecule has 1 aromatic carbocycles. The first-order valence-corrected chi connectivity index (χ1v) is 8.42. The van der Waals surface area contributed by atoms with Gasteiger partial charge in [0, 0.05) is 24.5 Å². The second-order valence-electron chi connectivity index (χ2n) is 5.83.